The Hall–Kier alpha value is -3.15. The molecule has 2 aromatic rings. The van der Waals surface area contributed by atoms with Crippen LogP contribution < -0.4 is 14.5 Å². The maximum atomic E-state index is 12.5. The van der Waals surface area contributed by atoms with Gasteiger partial charge in [-0.15, -0.1) is 0 Å². The Morgan fingerprint density at radius 2 is 1.78 bits per heavy atom. The molecule has 0 saturated carbocycles. The number of carbonyl (C=O) groups is 3. The lowest BCUT2D eigenvalue weighted by molar-refractivity contribution is -0.117. The molecule has 0 atom stereocenters. The van der Waals surface area contributed by atoms with Gasteiger partial charge < -0.3 is 14.5 Å². The third-order valence-electron chi connectivity index (χ3n) is 5.02. The van der Waals surface area contributed by atoms with Crippen LogP contribution in [0, 0.1) is 0 Å². The zero-order chi connectivity index (χ0) is 19.0. The topological polar surface area (TPSA) is 66.9 Å². The predicted molar refractivity (Wildman–Crippen MR) is 101 cm³/mol. The second-order valence-corrected chi connectivity index (χ2v) is 6.80. The summed E-state index contributed by atoms with van der Waals surface area (Å²) in [7, 11) is 0. The Morgan fingerprint density at radius 3 is 2.44 bits per heavy atom. The van der Waals surface area contributed by atoms with Crippen LogP contribution in [0.2, 0.25) is 0 Å². The highest BCUT2D eigenvalue weighted by Crippen LogP contribution is 2.29. The van der Waals surface area contributed by atoms with Crippen molar-refractivity contribution in [3.8, 4) is 5.75 Å². The second kappa shape index (κ2) is 6.87. The van der Waals surface area contributed by atoms with Crippen LogP contribution in [0.25, 0.3) is 0 Å². The van der Waals surface area contributed by atoms with Crippen molar-refractivity contribution >= 4 is 29.2 Å². The molecule has 0 aromatic heterocycles. The molecule has 6 heteroatoms. The number of ether oxygens (including phenoxy) is 1. The average Bonchev–Trinajstić information content (AvgIpc) is 3.28. The van der Waals surface area contributed by atoms with E-state index in [1.165, 1.54) is 6.92 Å². The van der Waals surface area contributed by atoms with Crippen molar-refractivity contribution in [2.45, 2.75) is 26.2 Å². The molecule has 0 radical (unpaired) electrons. The molecule has 2 aliphatic rings. The molecular formula is C21H20N2O4. The highest BCUT2D eigenvalue weighted by molar-refractivity contribution is 5.97. The molecule has 0 aliphatic carbocycles. The van der Waals surface area contributed by atoms with Gasteiger partial charge in [-0.2, -0.15) is 0 Å². The number of amides is 2. The smallest absolute Gasteiger partial charge is 0.343 e. The van der Waals surface area contributed by atoms with E-state index in [9.17, 15) is 14.4 Å². The Kier molecular flexibility index (Phi) is 4.39. The summed E-state index contributed by atoms with van der Waals surface area (Å²) >= 11 is 0. The Morgan fingerprint density at radius 1 is 1.00 bits per heavy atom. The third-order valence-corrected chi connectivity index (χ3v) is 5.02. The summed E-state index contributed by atoms with van der Waals surface area (Å²) in [6.07, 6.45) is 2.18. The summed E-state index contributed by atoms with van der Waals surface area (Å²) in [5.41, 5.74) is 3.11. The van der Waals surface area contributed by atoms with E-state index in [1.807, 2.05) is 0 Å². The first kappa shape index (κ1) is 17.3. The minimum atomic E-state index is -0.441. The molecule has 1 fully saturated rings. The summed E-state index contributed by atoms with van der Waals surface area (Å²) < 4.78 is 5.46. The molecule has 0 bridgehead atoms. The van der Waals surface area contributed by atoms with Gasteiger partial charge >= 0.3 is 5.97 Å². The van der Waals surface area contributed by atoms with Crippen LogP contribution in [0.3, 0.4) is 0 Å². The first-order valence-corrected chi connectivity index (χ1v) is 9.06. The van der Waals surface area contributed by atoms with Gasteiger partial charge in [0.2, 0.25) is 11.8 Å². The first-order chi connectivity index (χ1) is 13.0. The van der Waals surface area contributed by atoms with Crippen molar-refractivity contribution in [1.29, 1.82) is 0 Å². The van der Waals surface area contributed by atoms with E-state index in [0.29, 0.717) is 24.3 Å². The normalized spacial score (nSPS) is 15.8. The number of anilines is 2. The van der Waals surface area contributed by atoms with Gasteiger partial charge in [0, 0.05) is 37.8 Å². The predicted octanol–water partition coefficient (Wildman–Crippen LogP) is 2.94. The standard InChI is InChI=1S/C21H20N2O4/c1-14(24)22-12-10-15-13-16(4-9-19(15)22)21(26)27-18-7-5-17(6-8-18)23-11-2-3-20(23)25/h4-9,13H,2-3,10-12H2,1H3. The highest BCUT2D eigenvalue weighted by atomic mass is 16.5. The van der Waals surface area contributed by atoms with Crippen molar-refractivity contribution in [3.05, 3.63) is 53.6 Å². The van der Waals surface area contributed by atoms with Gasteiger partial charge in [-0.25, -0.2) is 4.79 Å². The van der Waals surface area contributed by atoms with Crippen LogP contribution in [0.1, 0.15) is 35.7 Å². The highest BCUT2D eigenvalue weighted by Gasteiger charge is 2.24. The lowest BCUT2D eigenvalue weighted by atomic mass is 10.1. The summed E-state index contributed by atoms with van der Waals surface area (Å²) in [5, 5.41) is 0. The molecule has 0 N–H and O–H groups in total. The quantitative estimate of drug-likeness (QED) is 0.620. The van der Waals surface area contributed by atoms with E-state index in [1.54, 1.807) is 52.3 Å². The van der Waals surface area contributed by atoms with Gasteiger partial charge in [-0.3, -0.25) is 9.59 Å². The van der Waals surface area contributed by atoms with Gasteiger partial charge in [0.25, 0.3) is 0 Å². The molecule has 2 heterocycles. The fraction of sp³-hybridized carbons (Fsp3) is 0.286. The maximum Gasteiger partial charge on any atom is 0.343 e. The van der Waals surface area contributed by atoms with E-state index < -0.39 is 5.97 Å². The lowest BCUT2D eigenvalue weighted by Crippen LogP contribution is -2.25. The van der Waals surface area contributed by atoms with Gasteiger partial charge in [-0.1, -0.05) is 0 Å². The Balaban J connectivity index is 1.46. The number of hydrogen-bond acceptors (Lipinski definition) is 4. The molecule has 4 rings (SSSR count). The minimum absolute atomic E-state index is 0.000602. The molecule has 27 heavy (non-hydrogen) atoms. The van der Waals surface area contributed by atoms with Crippen LogP contribution in [0.4, 0.5) is 11.4 Å². The fourth-order valence-electron chi connectivity index (χ4n) is 3.64. The molecule has 1 saturated heterocycles. The minimum Gasteiger partial charge on any atom is -0.423 e. The van der Waals surface area contributed by atoms with Crippen molar-refractivity contribution < 1.29 is 19.1 Å². The van der Waals surface area contributed by atoms with E-state index in [-0.39, 0.29) is 11.8 Å². The number of carbonyl (C=O) groups excluding carboxylic acids is 3. The molecule has 2 aliphatic heterocycles. The van der Waals surface area contributed by atoms with Gasteiger partial charge in [0.1, 0.15) is 5.75 Å². The van der Waals surface area contributed by atoms with Crippen molar-refractivity contribution in [2.75, 3.05) is 22.9 Å². The SMILES string of the molecule is CC(=O)N1CCc2cc(C(=O)Oc3ccc(N4CCCC4=O)cc3)ccc21. The monoisotopic (exact) mass is 364 g/mol. The summed E-state index contributed by atoms with van der Waals surface area (Å²) in [6.45, 7) is 2.90. The van der Waals surface area contributed by atoms with E-state index in [0.717, 1.165) is 36.3 Å². The Labute approximate surface area is 157 Å². The molecular weight excluding hydrogens is 344 g/mol. The van der Waals surface area contributed by atoms with E-state index >= 15 is 0 Å². The van der Waals surface area contributed by atoms with Gasteiger partial charge in [-0.05, 0) is 60.9 Å². The molecule has 0 spiro atoms. The zero-order valence-electron chi connectivity index (χ0n) is 15.1. The number of nitrogens with zero attached hydrogens (tertiary/aromatic N) is 2. The summed E-state index contributed by atoms with van der Waals surface area (Å²) in [5.74, 6) is 0.114. The van der Waals surface area contributed by atoms with Crippen LogP contribution in [0.15, 0.2) is 42.5 Å². The van der Waals surface area contributed by atoms with Crippen molar-refractivity contribution in [3.63, 3.8) is 0 Å². The van der Waals surface area contributed by atoms with E-state index in [2.05, 4.69) is 0 Å². The number of esters is 1. The second-order valence-electron chi connectivity index (χ2n) is 6.80. The molecule has 6 nitrogen and oxygen atoms in total. The lowest BCUT2D eigenvalue weighted by Gasteiger charge is -2.16. The third kappa shape index (κ3) is 3.30. The van der Waals surface area contributed by atoms with Crippen molar-refractivity contribution in [2.24, 2.45) is 0 Å². The molecule has 2 amide bonds. The van der Waals surface area contributed by atoms with Crippen LogP contribution in [0.5, 0.6) is 5.75 Å². The maximum absolute atomic E-state index is 12.5. The van der Waals surface area contributed by atoms with E-state index in [4.69, 9.17) is 4.74 Å². The zero-order valence-corrected chi connectivity index (χ0v) is 15.1. The first-order valence-electron chi connectivity index (χ1n) is 9.06. The van der Waals surface area contributed by atoms with Crippen LogP contribution >= 0.6 is 0 Å². The largest absolute Gasteiger partial charge is 0.423 e. The fourth-order valence-corrected chi connectivity index (χ4v) is 3.64. The summed E-state index contributed by atoms with van der Waals surface area (Å²) in [6, 6.07) is 12.2. The van der Waals surface area contributed by atoms with Crippen LogP contribution in [-0.2, 0) is 16.0 Å². The Bertz CT molecular complexity index is 920. The molecule has 0 unspecified atom stereocenters. The summed E-state index contributed by atoms with van der Waals surface area (Å²) in [4.78, 5) is 39.3. The number of rotatable bonds is 3. The average molecular weight is 364 g/mol. The van der Waals surface area contributed by atoms with Crippen molar-refractivity contribution in [1.82, 2.24) is 0 Å². The molecule has 138 valence electrons. The number of fused-ring (bicyclic) bond motifs is 1. The number of benzene rings is 2. The van der Waals surface area contributed by atoms with Gasteiger partial charge in [0.05, 0.1) is 5.56 Å². The molecule has 2 aromatic carbocycles. The number of hydrogen-bond donors (Lipinski definition) is 0. The van der Waals surface area contributed by atoms with Crippen LogP contribution in [-0.4, -0.2) is 30.9 Å². The van der Waals surface area contributed by atoms with Gasteiger partial charge in [0.15, 0.2) is 0 Å².